The van der Waals surface area contributed by atoms with Gasteiger partial charge in [-0.25, -0.2) is 9.67 Å². The number of nitrogens with zero attached hydrogens (tertiary/aromatic N) is 4. The molecule has 6 heteroatoms. The van der Waals surface area contributed by atoms with Gasteiger partial charge in [-0.15, -0.1) is 0 Å². The van der Waals surface area contributed by atoms with Gasteiger partial charge in [0.2, 0.25) is 5.95 Å². The van der Waals surface area contributed by atoms with Crippen LogP contribution in [0, 0.1) is 5.95 Å². The predicted octanol–water partition coefficient (Wildman–Crippen LogP) is 3.85. The number of ether oxygens (including phenoxy) is 1. The normalized spacial score (nSPS) is 17.8. The highest BCUT2D eigenvalue weighted by Gasteiger charge is 2.22. The molecule has 1 fully saturated rings. The van der Waals surface area contributed by atoms with E-state index in [0.717, 1.165) is 37.1 Å². The molecule has 4 heterocycles. The van der Waals surface area contributed by atoms with Gasteiger partial charge in [-0.3, -0.25) is 4.98 Å². The van der Waals surface area contributed by atoms with Crippen molar-refractivity contribution in [1.82, 2.24) is 19.7 Å². The Labute approximate surface area is 139 Å². The van der Waals surface area contributed by atoms with E-state index < -0.39 is 5.95 Å². The molecule has 0 amide bonds. The van der Waals surface area contributed by atoms with E-state index in [1.54, 1.807) is 24.5 Å². The van der Waals surface area contributed by atoms with Crippen LogP contribution < -0.4 is 0 Å². The van der Waals surface area contributed by atoms with Crippen molar-refractivity contribution >= 4 is 0 Å². The van der Waals surface area contributed by atoms with Crippen LogP contribution in [0.15, 0.2) is 48.8 Å². The summed E-state index contributed by atoms with van der Waals surface area (Å²) < 4.78 is 21.2. The summed E-state index contributed by atoms with van der Waals surface area (Å²) >= 11 is 0. The summed E-state index contributed by atoms with van der Waals surface area (Å²) in [5, 5.41) is 4.66. The molecule has 0 saturated carbocycles. The zero-order chi connectivity index (χ0) is 16.4. The monoisotopic (exact) mass is 324 g/mol. The zero-order valence-corrected chi connectivity index (χ0v) is 13.1. The Hall–Kier alpha value is -2.60. The fourth-order valence-corrected chi connectivity index (χ4v) is 2.94. The van der Waals surface area contributed by atoms with Gasteiger partial charge in [-0.2, -0.15) is 9.49 Å². The van der Waals surface area contributed by atoms with E-state index in [0.29, 0.717) is 11.4 Å². The molecule has 0 spiro atoms. The molecule has 5 nitrogen and oxygen atoms in total. The van der Waals surface area contributed by atoms with Gasteiger partial charge >= 0.3 is 0 Å². The van der Waals surface area contributed by atoms with Crippen LogP contribution in [0.4, 0.5) is 4.39 Å². The molecule has 3 aromatic heterocycles. The molecular weight excluding hydrogens is 307 g/mol. The van der Waals surface area contributed by atoms with Crippen LogP contribution in [-0.2, 0) is 4.74 Å². The molecule has 0 aliphatic carbocycles. The Bertz CT molecular complexity index is 828. The Morgan fingerprint density at radius 3 is 2.83 bits per heavy atom. The van der Waals surface area contributed by atoms with E-state index in [-0.39, 0.29) is 6.23 Å². The first-order valence-corrected chi connectivity index (χ1v) is 8.06. The molecule has 1 aliphatic rings. The van der Waals surface area contributed by atoms with Crippen molar-refractivity contribution in [1.29, 1.82) is 0 Å². The Morgan fingerprint density at radius 2 is 2.08 bits per heavy atom. The highest BCUT2D eigenvalue weighted by Crippen LogP contribution is 2.31. The van der Waals surface area contributed by atoms with Crippen LogP contribution in [-0.4, -0.2) is 26.4 Å². The highest BCUT2D eigenvalue weighted by molar-refractivity contribution is 5.66. The van der Waals surface area contributed by atoms with Gasteiger partial charge in [0.1, 0.15) is 5.69 Å². The maximum absolute atomic E-state index is 13.5. The SMILES string of the molecule is Fc1cccc(-c2cc(-c3cccnc3)n(C3CCCCO3)n2)n1. The number of pyridine rings is 2. The first-order valence-electron chi connectivity index (χ1n) is 8.06. The van der Waals surface area contributed by atoms with E-state index in [4.69, 9.17) is 4.74 Å². The van der Waals surface area contributed by atoms with Crippen molar-refractivity contribution in [3.63, 3.8) is 0 Å². The van der Waals surface area contributed by atoms with E-state index in [1.807, 2.05) is 22.9 Å². The van der Waals surface area contributed by atoms with Crippen LogP contribution >= 0.6 is 0 Å². The number of hydrogen-bond donors (Lipinski definition) is 0. The van der Waals surface area contributed by atoms with Crippen LogP contribution in [0.5, 0.6) is 0 Å². The molecule has 0 radical (unpaired) electrons. The second kappa shape index (κ2) is 6.49. The smallest absolute Gasteiger partial charge is 0.213 e. The van der Waals surface area contributed by atoms with Crippen molar-refractivity contribution in [3.8, 4) is 22.6 Å². The fourth-order valence-electron chi connectivity index (χ4n) is 2.94. The number of rotatable bonds is 3. The lowest BCUT2D eigenvalue weighted by Gasteiger charge is -2.24. The maximum atomic E-state index is 13.5. The second-order valence-electron chi connectivity index (χ2n) is 5.77. The summed E-state index contributed by atoms with van der Waals surface area (Å²) in [6.45, 7) is 0.727. The molecule has 3 aromatic rings. The van der Waals surface area contributed by atoms with Crippen molar-refractivity contribution in [3.05, 3.63) is 54.7 Å². The van der Waals surface area contributed by atoms with Crippen molar-refractivity contribution in [2.45, 2.75) is 25.5 Å². The fraction of sp³-hybridized carbons (Fsp3) is 0.278. The van der Waals surface area contributed by atoms with Gasteiger partial charge in [-0.05, 0) is 49.6 Å². The molecule has 1 atom stereocenters. The summed E-state index contributed by atoms with van der Waals surface area (Å²) in [6.07, 6.45) is 6.49. The average molecular weight is 324 g/mol. The Morgan fingerprint density at radius 1 is 1.12 bits per heavy atom. The first-order chi connectivity index (χ1) is 11.8. The minimum atomic E-state index is -0.515. The van der Waals surface area contributed by atoms with E-state index in [2.05, 4.69) is 15.1 Å². The van der Waals surface area contributed by atoms with Crippen LogP contribution in [0.25, 0.3) is 22.6 Å². The van der Waals surface area contributed by atoms with Gasteiger partial charge < -0.3 is 4.74 Å². The first kappa shape index (κ1) is 15.0. The number of hydrogen-bond acceptors (Lipinski definition) is 4. The molecule has 122 valence electrons. The van der Waals surface area contributed by atoms with Gasteiger partial charge in [-0.1, -0.05) is 6.07 Å². The topological polar surface area (TPSA) is 52.8 Å². The predicted molar refractivity (Wildman–Crippen MR) is 87.5 cm³/mol. The lowest BCUT2D eigenvalue weighted by molar-refractivity contribution is -0.0382. The minimum Gasteiger partial charge on any atom is -0.356 e. The highest BCUT2D eigenvalue weighted by atomic mass is 19.1. The quantitative estimate of drug-likeness (QED) is 0.687. The lowest BCUT2D eigenvalue weighted by atomic mass is 10.1. The summed E-state index contributed by atoms with van der Waals surface area (Å²) in [7, 11) is 0. The molecule has 0 aromatic carbocycles. The largest absolute Gasteiger partial charge is 0.356 e. The van der Waals surface area contributed by atoms with Crippen molar-refractivity contribution in [2.24, 2.45) is 0 Å². The van der Waals surface area contributed by atoms with Crippen LogP contribution in [0.1, 0.15) is 25.5 Å². The second-order valence-corrected chi connectivity index (χ2v) is 5.77. The van der Waals surface area contributed by atoms with E-state index >= 15 is 0 Å². The van der Waals surface area contributed by atoms with Crippen LogP contribution in [0.3, 0.4) is 0 Å². The molecule has 4 rings (SSSR count). The molecular formula is C18H17FN4O. The third kappa shape index (κ3) is 2.92. The molecule has 1 saturated heterocycles. The van der Waals surface area contributed by atoms with Gasteiger partial charge in [0.05, 0.1) is 11.4 Å². The molecule has 0 N–H and O–H groups in total. The Balaban J connectivity index is 1.81. The standard InChI is InChI=1S/C18H17FN4O/c19-17-7-3-6-14(21-17)15-11-16(13-5-4-9-20-12-13)23(22-15)18-8-1-2-10-24-18/h3-7,9,11-12,18H,1-2,8,10H2. The summed E-state index contributed by atoms with van der Waals surface area (Å²) in [5.41, 5.74) is 2.98. The summed E-state index contributed by atoms with van der Waals surface area (Å²) in [5.74, 6) is -0.515. The van der Waals surface area contributed by atoms with E-state index in [1.165, 1.54) is 6.07 Å². The molecule has 1 aliphatic heterocycles. The third-order valence-corrected chi connectivity index (χ3v) is 4.10. The third-order valence-electron chi connectivity index (χ3n) is 4.10. The average Bonchev–Trinajstić information content (AvgIpc) is 3.09. The summed E-state index contributed by atoms with van der Waals surface area (Å²) in [4.78, 5) is 8.12. The Kier molecular flexibility index (Phi) is 4.04. The van der Waals surface area contributed by atoms with E-state index in [9.17, 15) is 4.39 Å². The van der Waals surface area contributed by atoms with Gasteiger partial charge in [0, 0.05) is 24.6 Å². The zero-order valence-electron chi connectivity index (χ0n) is 13.1. The van der Waals surface area contributed by atoms with Gasteiger partial charge in [0.25, 0.3) is 0 Å². The maximum Gasteiger partial charge on any atom is 0.213 e. The molecule has 0 bridgehead atoms. The number of halogens is 1. The summed E-state index contributed by atoms with van der Waals surface area (Å²) in [6, 6.07) is 10.5. The van der Waals surface area contributed by atoms with Crippen LogP contribution in [0.2, 0.25) is 0 Å². The van der Waals surface area contributed by atoms with Crippen molar-refractivity contribution in [2.75, 3.05) is 6.61 Å². The van der Waals surface area contributed by atoms with Gasteiger partial charge in [0.15, 0.2) is 6.23 Å². The minimum absolute atomic E-state index is 0.115. The number of aromatic nitrogens is 4. The molecule has 1 unspecified atom stereocenters. The van der Waals surface area contributed by atoms with Crippen molar-refractivity contribution < 1.29 is 9.13 Å². The lowest BCUT2D eigenvalue weighted by Crippen LogP contribution is -2.20. The molecule has 24 heavy (non-hydrogen) atoms.